The topological polar surface area (TPSA) is 46.3 Å². The van der Waals surface area contributed by atoms with E-state index in [4.69, 9.17) is 4.42 Å². The Morgan fingerprint density at radius 3 is 2.36 bits per heavy atom. The maximum atomic E-state index is 12.7. The molecule has 0 aliphatic carbocycles. The van der Waals surface area contributed by atoms with Gasteiger partial charge in [-0.05, 0) is 26.3 Å². The molecule has 0 saturated heterocycles. The van der Waals surface area contributed by atoms with Crippen LogP contribution in [0.2, 0.25) is 0 Å². The van der Waals surface area contributed by atoms with Gasteiger partial charge in [0.2, 0.25) is 5.91 Å². The monoisotopic (exact) mass is 342 g/mol. The highest BCUT2D eigenvalue weighted by molar-refractivity contribution is 5.76. The average Bonchev–Trinajstić information content (AvgIpc) is 2.92. The number of rotatable bonds is 6. The molecule has 0 radical (unpaired) electrons. The summed E-state index contributed by atoms with van der Waals surface area (Å²) in [5.74, 6) is 1.70. The second-order valence-corrected chi connectivity index (χ2v) is 7.88. The minimum absolute atomic E-state index is 0.121. The average molecular weight is 342 g/mol. The number of carbonyl (C=O) groups is 1. The number of hydrogen-bond acceptors (Lipinski definition) is 3. The minimum atomic E-state index is -0.121. The van der Waals surface area contributed by atoms with Crippen molar-refractivity contribution in [3.05, 3.63) is 53.2 Å². The van der Waals surface area contributed by atoms with Crippen molar-refractivity contribution in [1.82, 2.24) is 9.88 Å². The highest BCUT2D eigenvalue weighted by Gasteiger charge is 2.23. The van der Waals surface area contributed by atoms with Gasteiger partial charge in [-0.3, -0.25) is 4.79 Å². The smallest absolute Gasteiger partial charge is 0.223 e. The van der Waals surface area contributed by atoms with Crippen LogP contribution < -0.4 is 0 Å². The molecule has 4 nitrogen and oxygen atoms in total. The SMILES string of the molecule is Cc1nc(C(C)(C)C)oc1CCC(=O)N(Cc1ccccc1)C(C)C. The van der Waals surface area contributed by atoms with Crippen molar-refractivity contribution in [2.45, 2.75) is 72.4 Å². The van der Waals surface area contributed by atoms with Crippen LogP contribution in [-0.2, 0) is 23.2 Å². The molecule has 1 aromatic heterocycles. The Balaban J connectivity index is 2.03. The lowest BCUT2D eigenvalue weighted by atomic mass is 9.97. The van der Waals surface area contributed by atoms with Crippen LogP contribution in [0.1, 0.15) is 63.9 Å². The van der Waals surface area contributed by atoms with Crippen LogP contribution in [-0.4, -0.2) is 21.8 Å². The minimum Gasteiger partial charge on any atom is -0.445 e. The van der Waals surface area contributed by atoms with Crippen molar-refractivity contribution in [3.63, 3.8) is 0 Å². The molecule has 4 heteroatoms. The van der Waals surface area contributed by atoms with Gasteiger partial charge in [0.05, 0.1) is 5.69 Å². The molecule has 136 valence electrons. The van der Waals surface area contributed by atoms with Crippen LogP contribution in [0.25, 0.3) is 0 Å². The van der Waals surface area contributed by atoms with Crippen molar-refractivity contribution in [3.8, 4) is 0 Å². The summed E-state index contributed by atoms with van der Waals surface area (Å²) in [4.78, 5) is 19.2. The van der Waals surface area contributed by atoms with Crippen LogP contribution in [0.15, 0.2) is 34.7 Å². The van der Waals surface area contributed by atoms with Gasteiger partial charge in [-0.1, -0.05) is 51.1 Å². The largest absolute Gasteiger partial charge is 0.445 e. The molecule has 0 bridgehead atoms. The first kappa shape index (κ1) is 19.2. The molecule has 0 N–H and O–H groups in total. The van der Waals surface area contributed by atoms with Gasteiger partial charge in [0.1, 0.15) is 5.76 Å². The number of amides is 1. The number of nitrogens with zero attached hydrogens (tertiary/aromatic N) is 2. The number of oxazole rings is 1. The zero-order valence-corrected chi connectivity index (χ0v) is 16.3. The molecular formula is C21H30N2O2. The number of benzene rings is 1. The summed E-state index contributed by atoms with van der Waals surface area (Å²) in [5, 5.41) is 0. The first-order valence-electron chi connectivity index (χ1n) is 8.98. The predicted octanol–water partition coefficient (Wildman–Crippen LogP) is 4.65. The Kier molecular flexibility index (Phi) is 6.04. The van der Waals surface area contributed by atoms with Gasteiger partial charge in [-0.25, -0.2) is 4.98 Å². The molecule has 25 heavy (non-hydrogen) atoms. The molecule has 0 unspecified atom stereocenters. The van der Waals surface area contributed by atoms with Gasteiger partial charge in [0.25, 0.3) is 0 Å². The lowest BCUT2D eigenvalue weighted by Gasteiger charge is -2.27. The zero-order chi connectivity index (χ0) is 18.6. The van der Waals surface area contributed by atoms with E-state index in [9.17, 15) is 4.79 Å². The van der Waals surface area contributed by atoms with Gasteiger partial charge in [-0.15, -0.1) is 0 Å². The summed E-state index contributed by atoms with van der Waals surface area (Å²) in [5.41, 5.74) is 1.91. The van der Waals surface area contributed by atoms with Crippen LogP contribution in [0.4, 0.5) is 0 Å². The van der Waals surface area contributed by atoms with E-state index >= 15 is 0 Å². The van der Waals surface area contributed by atoms with Crippen LogP contribution in [0.3, 0.4) is 0 Å². The van der Waals surface area contributed by atoms with Gasteiger partial charge in [0, 0.05) is 30.8 Å². The van der Waals surface area contributed by atoms with E-state index in [-0.39, 0.29) is 17.4 Å². The van der Waals surface area contributed by atoms with Crippen molar-refractivity contribution >= 4 is 5.91 Å². The van der Waals surface area contributed by atoms with E-state index in [2.05, 4.69) is 51.7 Å². The first-order valence-corrected chi connectivity index (χ1v) is 8.98. The number of aryl methyl sites for hydroxylation is 2. The lowest BCUT2D eigenvalue weighted by molar-refractivity contribution is -0.133. The second-order valence-electron chi connectivity index (χ2n) is 7.88. The molecule has 0 atom stereocenters. The Hall–Kier alpha value is -2.10. The number of aromatic nitrogens is 1. The molecule has 0 aliphatic rings. The third-order valence-electron chi connectivity index (χ3n) is 4.24. The highest BCUT2D eigenvalue weighted by atomic mass is 16.4. The second kappa shape index (κ2) is 7.85. The standard InChI is InChI=1S/C21H30N2O2/c1-15(2)23(14-17-10-8-7-9-11-17)19(24)13-12-18-16(3)22-20(25-18)21(4,5)6/h7-11,15H,12-14H2,1-6H3. The molecule has 2 aromatic rings. The third kappa shape index (κ3) is 5.18. The quantitative estimate of drug-likeness (QED) is 0.767. The summed E-state index contributed by atoms with van der Waals surface area (Å²) in [6, 6.07) is 10.3. The molecule has 0 fully saturated rings. The number of hydrogen-bond donors (Lipinski definition) is 0. The van der Waals surface area contributed by atoms with Crippen LogP contribution in [0.5, 0.6) is 0 Å². The molecule has 0 spiro atoms. The summed E-state index contributed by atoms with van der Waals surface area (Å²) in [6.07, 6.45) is 1.02. The highest BCUT2D eigenvalue weighted by Crippen LogP contribution is 2.24. The molecule has 1 heterocycles. The van der Waals surface area contributed by atoms with Crippen molar-refractivity contribution in [1.29, 1.82) is 0 Å². The van der Waals surface area contributed by atoms with Gasteiger partial charge >= 0.3 is 0 Å². The Bertz CT molecular complexity index is 696. The maximum absolute atomic E-state index is 12.7. The van der Waals surface area contributed by atoms with E-state index in [0.717, 1.165) is 22.9 Å². The van der Waals surface area contributed by atoms with E-state index in [1.807, 2.05) is 30.0 Å². The lowest BCUT2D eigenvalue weighted by Crippen LogP contribution is -2.36. The fourth-order valence-electron chi connectivity index (χ4n) is 2.68. The molecule has 2 rings (SSSR count). The third-order valence-corrected chi connectivity index (χ3v) is 4.24. The fraction of sp³-hybridized carbons (Fsp3) is 0.524. The normalized spacial score (nSPS) is 11.8. The molecular weight excluding hydrogens is 312 g/mol. The van der Waals surface area contributed by atoms with Crippen molar-refractivity contribution in [2.24, 2.45) is 0 Å². The maximum Gasteiger partial charge on any atom is 0.223 e. The van der Waals surface area contributed by atoms with E-state index < -0.39 is 0 Å². The van der Waals surface area contributed by atoms with Crippen LogP contribution >= 0.6 is 0 Å². The van der Waals surface area contributed by atoms with Gasteiger partial charge in [-0.2, -0.15) is 0 Å². The van der Waals surface area contributed by atoms with E-state index in [0.29, 0.717) is 19.4 Å². The van der Waals surface area contributed by atoms with Crippen molar-refractivity contribution < 1.29 is 9.21 Å². The Morgan fingerprint density at radius 2 is 1.84 bits per heavy atom. The Labute approximate surface area is 151 Å². The number of carbonyl (C=O) groups excluding carboxylic acids is 1. The summed E-state index contributed by atoms with van der Waals surface area (Å²) in [7, 11) is 0. The molecule has 1 amide bonds. The summed E-state index contributed by atoms with van der Waals surface area (Å²) >= 11 is 0. The summed E-state index contributed by atoms with van der Waals surface area (Å²) in [6.45, 7) is 12.9. The van der Waals surface area contributed by atoms with Crippen LogP contribution in [0, 0.1) is 6.92 Å². The summed E-state index contributed by atoms with van der Waals surface area (Å²) < 4.78 is 5.91. The van der Waals surface area contributed by atoms with E-state index in [1.54, 1.807) is 0 Å². The molecule has 0 saturated carbocycles. The first-order chi connectivity index (χ1) is 11.7. The Morgan fingerprint density at radius 1 is 1.20 bits per heavy atom. The van der Waals surface area contributed by atoms with Gasteiger partial charge < -0.3 is 9.32 Å². The van der Waals surface area contributed by atoms with E-state index in [1.165, 1.54) is 0 Å². The molecule has 1 aromatic carbocycles. The predicted molar refractivity (Wildman–Crippen MR) is 100 cm³/mol. The molecule has 0 aliphatic heterocycles. The fourth-order valence-corrected chi connectivity index (χ4v) is 2.68. The van der Waals surface area contributed by atoms with Crippen molar-refractivity contribution in [2.75, 3.05) is 0 Å². The zero-order valence-electron chi connectivity index (χ0n) is 16.3. The van der Waals surface area contributed by atoms with Gasteiger partial charge in [0.15, 0.2) is 5.89 Å².